The largest absolute Gasteiger partial charge is 0.452 e. The molecule has 152 valence electrons. The summed E-state index contributed by atoms with van der Waals surface area (Å²) in [7, 11) is 0. The van der Waals surface area contributed by atoms with Crippen molar-refractivity contribution in [1.29, 1.82) is 0 Å². The quantitative estimate of drug-likeness (QED) is 0.313. The molecule has 0 aliphatic rings. The third-order valence-corrected chi connectivity index (χ3v) is 5.75. The van der Waals surface area contributed by atoms with Crippen molar-refractivity contribution in [3.8, 4) is 33.7 Å². The van der Waals surface area contributed by atoms with Crippen LogP contribution in [0.15, 0.2) is 77.5 Å². The summed E-state index contributed by atoms with van der Waals surface area (Å²) in [6, 6.07) is 23.4. The number of aromatic nitrogens is 2. The molecule has 2 aromatic heterocycles. The summed E-state index contributed by atoms with van der Waals surface area (Å²) in [5.41, 5.74) is 11.9. The van der Waals surface area contributed by atoms with E-state index in [0.717, 1.165) is 33.7 Å². The Bertz CT molecular complexity index is 1370. The summed E-state index contributed by atoms with van der Waals surface area (Å²) >= 11 is 0. The Morgan fingerprint density at radius 2 is 1.29 bits per heavy atom. The highest BCUT2D eigenvalue weighted by Gasteiger charge is 2.15. The van der Waals surface area contributed by atoms with Gasteiger partial charge in [0.15, 0.2) is 5.58 Å². The molecule has 2 heterocycles. The van der Waals surface area contributed by atoms with Gasteiger partial charge in [0, 0.05) is 17.2 Å². The SMILES string of the molecule is Cc1cc(C)cc(-c2ncnc3cc(-c4ccc(-c5c(C)cccc5C)cc4)oc23)c1. The van der Waals surface area contributed by atoms with Crippen LogP contribution >= 0.6 is 0 Å². The Morgan fingerprint density at radius 3 is 1.97 bits per heavy atom. The fraction of sp³-hybridized carbons (Fsp3) is 0.143. The molecule has 31 heavy (non-hydrogen) atoms. The van der Waals surface area contributed by atoms with Crippen molar-refractivity contribution in [2.45, 2.75) is 27.7 Å². The molecule has 0 aliphatic carbocycles. The van der Waals surface area contributed by atoms with Crippen LogP contribution in [0, 0.1) is 27.7 Å². The van der Waals surface area contributed by atoms with E-state index < -0.39 is 0 Å². The van der Waals surface area contributed by atoms with Crippen molar-refractivity contribution < 1.29 is 4.42 Å². The molecule has 3 aromatic carbocycles. The van der Waals surface area contributed by atoms with Crippen molar-refractivity contribution in [3.63, 3.8) is 0 Å². The lowest BCUT2D eigenvalue weighted by Crippen LogP contribution is -1.88. The van der Waals surface area contributed by atoms with Crippen LogP contribution in [-0.4, -0.2) is 9.97 Å². The average molecular weight is 405 g/mol. The Hall–Kier alpha value is -3.72. The highest BCUT2D eigenvalue weighted by molar-refractivity contribution is 5.90. The van der Waals surface area contributed by atoms with Gasteiger partial charge >= 0.3 is 0 Å². The first-order valence-corrected chi connectivity index (χ1v) is 10.5. The van der Waals surface area contributed by atoms with Gasteiger partial charge in [-0.15, -0.1) is 0 Å². The summed E-state index contributed by atoms with van der Waals surface area (Å²) in [4.78, 5) is 8.98. The van der Waals surface area contributed by atoms with Crippen molar-refractivity contribution in [2.24, 2.45) is 0 Å². The second-order valence-electron chi connectivity index (χ2n) is 8.27. The first-order chi connectivity index (χ1) is 15.0. The lowest BCUT2D eigenvalue weighted by atomic mass is 9.95. The molecule has 3 heteroatoms. The number of aryl methyl sites for hydroxylation is 4. The fourth-order valence-electron chi connectivity index (χ4n) is 4.38. The third-order valence-electron chi connectivity index (χ3n) is 5.75. The molecule has 5 aromatic rings. The Morgan fingerprint density at radius 1 is 0.645 bits per heavy atom. The van der Waals surface area contributed by atoms with Gasteiger partial charge in [-0.2, -0.15) is 0 Å². The van der Waals surface area contributed by atoms with Crippen LogP contribution in [0.25, 0.3) is 44.8 Å². The van der Waals surface area contributed by atoms with E-state index in [4.69, 9.17) is 4.42 Å². The van der Waals surface area contributed by atoms with E-state index in [0.29, 0.717) is 0 Å². The van der Waals surface area contributed by atoms with Crippen molar-refractivity contribution in [2.75, 3.05) is 0 Å². The number of hydrogen-bond donors (Lipinski definition) is 0. The van der Waals surface area contributed by atoms with Crippen LogP contribution in [0.4, 0.5) is 0 Å². The maximum Gasteiger partial charge on any atom is 0.179 e. The monoisotopic (exact) mass is 404 g/mol. The Labute approximate surface area is 182 Å². The summed E-state index contributed by atoms with van der Waals surface area (Å²) < 4.78 is 6.29. The highest BCUT2D eigenvalue weighted by Crippen LogP contribution is 2.34. The third kappa shape index (κ3) is 3.53. The van der Waals surface area contributed by atoms with Crippen LogP contribution in [0.5, 0.6) is 0 Å². The second kappa shape index (κ2) is 7.51. The number of furan rings is 1. The number of benzene rings is 3. The van der Waals surface area contributed by atoms with Crippen molar-refractivity contribution in [1.82, 2.24) is 9.97 Å². The molecule has 0 unspecified atom stereocenters. The summed E-state index contributed by atoms with van der Waals surface area (Å²) in [5, 5.41) is 0. The van der Waals surface area contributed by atoms with Crippen molar-refractivity contribution in [3.05, 3.63) is 95.3 Å². The minimum absolute atomic E-state index is 0.723. The number of hydrogen-bond acceptors (Lipinski definition) is 3. The minimum atomic E-state index is 0.723. The zero-order chi connectivity index (χ0) is 21.5. The van der Waals surface area contributed by atoms with Gasteiger partial charge in [-0.3, -0.25) is 0 Å². The van der Waals surface area contributed by atoms with Gasteiger partial charge < -0.3 is 4.42 Å². The van der Waals surface area contributed by atoms with E-state index in [1.807, 2.05) is 6.07 Å². The van der Waals surface area contributed by atoms with Crippen LogP contribution in [0.3, 0.4) is 0 Å². The zero-order valence-electron chi connectivity index (χ0n) is 18.2. The van der Waals surface area contributed by atoms with Gasteiger partial charge in [0.1, 0.15) is 23.3 Å². The summed E-state index contributed by atoms with van der Waals surface area (Å²) in [5.74, 6) is 0.800. The molecule has 0 radical (unpaired) electrons. The molecule has 0 N–H and O–H groups in total. The molecular weight excluding hydrogens is 380 g/mol. The lowest BCUT2D eigenvalue weighted by molar-refractivity contribution is 0.630. The maximum absolute atomic E-state index is 6.29. The molecule has 5 rings (SSSR count). The van der Waals surface area contributed by atoms with Crippen LogP contribution < -0.4 is 0 Å². The number of nitrogens with zero attached hydrogens (tertiary/aromatic N) is 2. The van der Waals surface area contributed by atoms with E-state index in [1.165, 1.54) is 33.4 Å². The molecule has 0 spiro atoms. The minimum Gasteiger partial charge on any atom is -0.452 e. The predicted molar refractivity (Wildman–Crippen MR) is 127 cm³/mol. The molecule has 0 amide bonds. The van der Waals surface area contributed by atoms with E-state index in [9.17, 15) is 0 Å². The van der Waals surface area contributed by atoms with E-state index in [-0.39, 0.29) is 0 Å². The molecule has 0 aliphatic heterocycles. The normalized spacial score (nSPS) is 11.2. The van der Waals surface area contributed by atoms with Crippen LogP contribution in [-0.2, 0) is 0 Å². The van der Waals surface area contributed by atoms with E-state index in [2.05, 4.69) is 98.3 Å². The van der Waals surface area contributed by atoms with E-state index >= 15 is 0 Å². The molecule has 3 nitrogen and oxygen atoms in total. The van der Waals surface area contributed by atoms with Crippen LogP contribution in [0.2, 0.25) is 0 Å². The fourth-order valence-corrected chi connectivity index (χ4v) is 4.38. The van der Waals surface area contributed by atoms with Gasteiger partial charge in [0.05, 0.1) is 0 Å². The van der Waals surface area contributed by atoms with Gasteiger partial charge in [-0.25, -0.2) is 9.97 Å². The van der Waals surface area contributed by atoms with Gasteiger partial charge in [0.25, 0.3) is 0 Å². The Balaban J connectivity index is 1.57. The molecular formula is C28H24N2O. The van der Waals surface area contributed by atoms with Crippen molar-refractivity contribution >= 4 is 11.1 Å². The van der Waals surface area contributed by atoms with Gasteiger partial charge in [-0.1, -0.05) is 59.7 Å². The summed E-state index contributed by atoms with van der Waals surface area (Å²) in [6.45, 7) is 8.51. The predicted octanol–water partition coefficient (Wildman–Crippen LogP) is 7.46. The summed E-state index contributed by atoms with van der Waals surface area (Å²) in [6.07, 6.45) is 1.61. The first kappa shape index (κ1) is 19.3. The molecule has 0 bridgehead atoms. The van der Waals surface area contributed by atoms with Gasteiger partial charge in [-0.05, 0) is 62.1 Å². The standard InChI is InChI=1S/C28H24N2O/c1-17-12-18(2)14-23(13-17)27-28-24(29-16-30-27)15-25(31-28)21-8-10-22(11-9-21)26-19(3)6-5-7-20(26)4/h5-16H,1-4H3. The van der Waals surface area contributed by atoms with Gasteiger partial charge in [0.2, 0.25) is 0 Å². The molecule has 0 atom stereocenters. The smallest absolute Gasteiger partial charge is 0.179 e. The zero-order valence-corrected chi connectivity index (χ0v) is 18.2. The van der Waals surface area contributed by atoms with E-state index in [1.54, 1.807) is 6.33 Å². The lowest BCUT2D eigenvalue weighted by Gasteiger charge is -2.10. The molecule has 0 saturated heterocycles. The topological polar surface area (TPSA) is 38.9 Å². The molecule has 0 saturated carbocycles. The highest BCUT2D eigenvalue weighted by atomic mass is 16.3. The first-order valence-electron chi connectivity index (χ1n) is 10.5. The maximum atomic E-state index is 6.29. The van der Waals surface area contributed by atoms with Crippen LogP contribution in [0.1, 0.15) is 22.3 Å². The second-order valence-corrected chi connectivity index (χ2v) is 8.27. The Kier molecular flexibility index (Phi) is 4.67. The average Bonchev–Trinajstić information content (AvgIpc) is 3.18. The molecule has 0 fully saturated rings. The number of rotatable bonds is 3. The number of fused-ring (bicyclic) bond motifs is 1.